The third-order valence-corrected chi connectivity index (χ3v) is 2.68. The van der Waals surface area contributed by atoms with Crippen LogP contribution in [-0.2, 0) is 0 Å². The molecule has 0 spiro atoms. The molecular formula is C10H11BrFNO2. The summed E-state index contributed by atoms with van der Waals surface area (Å²) in [6.07, 6.45) is 0.199. The summed E-state index contributed by atoms with van der Waals surface area (Å²) in [5.41, 5.74) is 5.53. The predicted octanol–water partition coefficient (Wildman–Crippen LogP) is 2.13. The second-order valence-corrected chi connectivity index (χ2v) is 3.73. The van der Waals surface area contributed by atoms with Gasteiger partial charge >= 0.3 is 0 Å². The maximum absolute atomic E-state index is 13.3. The molecule has 0 atom stereocenters. The minimum atomic E-state index is -0.519. The van der Waals surface area contributed by atoms with Crippen molar-refractivity contribution >= 4 is 21.7 Å². The zero-order chi connectivity index (χ0) is 11.4. The predicted molar refractivity (Wildman–Crippen MR) is 58.7 cm³/mol. The van der Waals surface area contributed by atoms with Crippen molar-refractivity contribution in [3.63, 3.8) is 0 Å². The Hall–Kier alpha value is -0.940. The molecule has 2 N–H and O–H groups in total. The summed E-state index contributed by atoms with van der Waals surface area (Å²) in [4.78, 5) is 11.5. The van der Waals surface area contributed by atoms with Crippen LogP contribution < -0.4 is 10.5 Å². The third-order valence-electron chi connectivity index (χ3n) is 1.91. The first kappa shape index (κ1) is 12.1. The smallest absolute Gasteiger partial charge is 0.164 e. The van der Waals surface area contributed by atoms with E-state index in [1.807, 2.05) is 0 Å². The van der Waals surface area contributed by atoms with Crippen LogP contribution in [0.15, 0.2) is 16.6 Å². The average Bonchev–Trinajstić information content (AvgIpc) is 2.22. The van der Waals surface area contributed by atoms with E-state index in [0.29, 0.717) is 5.75 Å². The Bertz CT molecular complexity index is 382. The highest BCUT2D eigenvalue weighted by Gasteiger charge is 2.13. The van der Waals surface area contributed by atoms with Crippen LogP contribution in [-0.4, -0.2) is 19.4 Å². The van der Waals surface area contributed by atoms with Gasteiger partial charge in [-0.1, -0.05) is 0 Å². The maximum atomic E-state index is 13.3. The van der Waals surface area contributed by atoms with Crippen LogP contribution in [0.5, 0.6) is 5.75 Å². The minimum absolute atomic E-state index is 0.192. The average molecular weight is 276 g/mol. The molecule has 15 heavy (non-hydrogen) atoms. The Morgan fingerprint density at radius 1 is 1.60 bits per heavy atom. The highest BCUT2D eigenvalue weighted by Crippen LogP contribution is 2.29. The zero-order valence-electron chi connectivity index (χ0n) is 8.22. The standard InChI is InChI=1S/C10H11BrFNO2/c1-15-9-5-6(8(14)2-3-13)4-7(12)10(9)11/h4-5H,2-3,13H2,1H3. The van der Waals surface area contributed by atoms with Gasteiger partial charge in [0.05, 0.1) is 11.6 Å². The van der Waals surface area contributed by atoms with E-state index in [1.54, 1.807) is 0 Å². The Kier molecular flexibility index (Phi) is 4.23. The number of hydrogen-bond donors (Lipinski definition) is 1. The lowest BCUT2D eigenvalue weighted by molar-refractivity contribution is 0.0984. The van der Waals surface area contributed by atoms with Gasteiger partial charge in [-0.05, 0) is 34.6 Å². The Balaban J connectivity index is 3.10. The number of hydrogen-bond acceptors (Lipinski definition) is 3. The normalized spacial score (nSPS) is 10.1. The largest absolute Gasteiger partial charge is 0.495 e. The molecule has 3 nitrogen and oxygen atoms in total. The van der Waals surface area contributed by atoms with E-state index in [2.05, 4.69) is 15.9 Å². The summed E-state index contributed by atoms with van der Waals surface area (Å²) in [5.74, 6) is -0.410. The summed E-state index contributed by atoms with van der Waals surface area (Å²) in [6, 6.07) is 2.66. The van der Waals surface area contributed by atoms with E-state index in [4.69, 9.17) is 10.5 Å². The fourth-order valence-electron chi connectivity index (χ4n) is 1.15. The molecule has 0 amide bonds. The summed E-state index contributed by atoms with van der Waals surface area (Å²) in [6.45, 7) is 0.249. The molecule has 0 bridgehead atoms. The van der Waals surface area contributed by atoms with Gasteiger partial charge in [-0.3, -0.25) is 4.79 Å². The summed E-state index contributed by atoms with van der Waals surface area (Å²) in [5, 5.41) is 0. The Morgan fingerprint density at radius 3 is 2.80 bits per heavy atom. The molecule has 0 heterocycles. The van der Waals surface area contributed by atoms with E-state index in [0.717, 1.165) is 0 Å². The number of Topliss-reactive ketones (excluding diaryl/α,β-unsaturated/α-hetero) is 1. The van der Waals surface area contributed by atoms with Crippen molar-refractivity contribution in [3.05, 3.63) is 28.0 Å². The number of benzene rings is 1. The monoisotopic (exact) mass is 275 g/mol. The number of carbonyl (C=O) groups excluding carboxylic acids is 1. The molecule has 0 radical (unpaired) electrons. The number of ether oxygens (including phenoxy) is 1. The Morgan fingerprint density at radius 2 is 2.27 bits per heavy atom. The van der Waals surface area contributed by atoms with Crippen molar-refractivity contribution in [1.29, 1.82) is 0 Å². The van der Waals surface area contributed by atoms with E-state index in [-0.39, 0.29) is 28.8 Å². The first-order chi connectivity index (χ1) is 7.10. The molecule has 5 heteroatoms. The van der Waals surface area contributed by atoms with Crippen LogP contribution in [0.1, 0.15) is 16.8 Å². The first-order valence-corrected chi connectivity index (χ1v) is 5.15. The van der Waals surface area contributed by atoms with Crippen molar-refractivity contribution in [2.45, 2.75) is 6.42 Å². The van der Waals surface area contributed by atoms with Crippen molar-refractivity contribution in [2.24, 2.45) is 5.73 Å². The van der Waals surface area contributed by atoms with Gasteiger partial charge in [0, 0.05) is 12.0 Å². The van der Waals surface area contributed by atoms with E-state index >= 15 is 0 Å². The van der Waals surface area contributed by atoms with Gasteiger partial charge in [0.1, 0.15) is 11.6 Å². The molecule has 0 unspecified atom stereocenters. The SMILES string of the molecule is COc1cc(C(=O)CCN)cc(F)c1Br. The molecule has 1 aromatic carbocycles. The van der Waals surface area contributed by atoms with Crippen molar-refractivity contribution in [2.75, 3.05) is 13.7 Å². The number of rotatable bonds is 4. The number of halogens is 2. The fourth-order valence-corrected chi connectivity index (χ4v) is 1.54. The molecule has 82 valence electrons. The van der Waals surface area contributed by atoms with Gasteiger partial charge in [0.2, 0.25) is 0 Å². The number of carbonyl (C=O) groups is 1. The lowest BCUT2D eigenvalue weighted by atomic mass is 10.1. The number of nitrogens with two attached hydrogens (primary N) is 1. The molecule has 0 aromatic heterocycles. The van der Waals surface area contributed by atoms with E-state index in [9.17, 15) is 9.18 Å². The van der Waals surface area contributed by atoms with Crippen LogP contribution in [0.4, 0.5) is 4.39 Å². The van der Waals surface area contributed by atoms with Gasteiger partial charge in [0.25, 0.3) is 0 Å². The second-order valence-electron chi connectivity index (χ2n) is 2.94. The van der Waals surface area contributed by atoms with E-state index < -0.39 is 5.82 Å². The minimum Gasteiger partial charge on any atom is -0.495 e. The molecule has 1 rings (SSSR count). The van der Waals surface area contributed by atoms with Crippen LogP contribution in [0.3, 0.4) is 0 Å². The van der Waals surface area contributed by atoms with Gasteiger partial charge in [-0.2, -0.15) is 0 Å². The highest BCUT2D eigenvalue weighted by molar-refractivity contribution is 9.10. The summed E-state index contributed by atoms with van der Waals surface area (Å²) in [7, 11) is 1.41. The van der Waals surface area contributed by atoms with Gasteiger partial charge in [-0.15, -0.1) is 0 Å². The summed E-state index contributed by atoms with van der Waals surface area (Å²) < 4.78 is 18.5. The molecule has 0 aliphatic rings. The lowest BCUT2D eigenvalue weighted by Crippen LogP contribution is -2.08. The molecular weight excluding hydrogens is 265 g/mol. The van der Waals surface area contributed by atoms with Crippen LogP contribution in [0, 0.1) is 5.82 Å². The molecule has 0 aliphatic carbocycles. The van der Waals surface area contributed by atoms with Gasteiger partial charge in [0.15, 0.2) is 5.78 Å². The van der Waals surface area contributed by atoms with E-state index in [1.165, 1.54) is 19.2 Å². The van der Waals surface area contributed by atoms with Gasteiger partial charge < -0.3 is 10.5 Å². The summed E-state index contributed by atoms with van der Waals surface area (Å²) >= 11 is 3.03. The fraction of sp³-hybridized carbons (Fsp3) is 0.300. The van der Waals surface area contributed by atoms with Crippen molar-refractivity contribution in [1.82, 2.24) is 0 Å². The number of ketones is 1. The first-order valence-electron chi connectivity index (χ1n) is 4.36. The Labute approximate surface area is 95.5 Å². The van der Waals surface area contributed by atoms with Crippen LogP contribution in [0.2, 0.25) is 0 Å². The molecule has 1 aromatic rings. The quantitative estimate of drug-likeness (QED) is 0.857. The molecule has 0 fully saturated rings. The van der Waals surface area contributed by atoms with Gasteiger partial charge in [-0.25, -0.2) is 4.39 Å². The highest BCUT2D eigenvalue weighted by atomic mass is 79.9. The molecule has 0 saturated carbocycles. The lowest BCUT2D eigenvalue weighted by Gasteiger charge is -2.07. The second kappa shape index (κ2) is 5.23. The number of methoxy groups -OCH3 is 1. The van der Waals surface area contributed by atoms with Crippen LogP contribution in [0.25, 0.3) is 0 Å². The van der Waals surface area contributed by atoms with Crippen molar-refractivity contribution in [3.8, 4) is 5.75 Å². The molecule has 0 aliphatic heterocycles. The maximum Gasteiger partial charge on any atom is 0.164 e. The molecule has 0 saturated heterocycles. The topological polar surface area (TPSA) is 52.3 Å². The third kappa shape index (κ3) is 2.76. The van der Waals surface area contributed by atoms with Crippen molar-refractivity contribution < 1.29 is 13.9 Å². The zero-order valence-corrected chi connectivity index (χ0v) is 9.80. The van der Waals surface area contributed by atoms with Crippen LogP contribution >= 0.6 is 15.9 Å².